The van der Waals surface area contributed by atoms with E-state index in [0.717, 1.165) is 36.2 Å². The van der Waals surface area contributed by atoms with E-state index in [0.29, 0.717) is 0 Å². The number of thiol groups is 1. The standard InChI is InChI=1S/C59H52S2/c1-4-6-8-9-14-32-48(45-26-15-10-16-27-45)41-55-51-35-21-22-36-52(51)57(43-54(46-28-17-11-18-29-46)47-30-19-12-20-31-47)56-42-49(33-23-37-53(55)56)59-40-39-50(61-59)34-24-38-58(60)44(3)25-13-7-5-2/h4-22,24-31,34-36,38-43,60H,1,3,23,32-33,37H2,2H3/b7-5-,8-6-,14-9-,25-13-,34-24+,48-41+,58-38-. The first-order valence-electron chi connectivity index (χ1n) is 21.0. The van der Waals surface area contributed by atoms with Crippen molar-refractivity contribution in [2.24, 2.45) is 0 Å². The third-order valence-electron chi connectivity index (χ3n) is 10.8. The monoisotopic (exact) mass is 824 g/mol. The zero-order chi connectivity index (χ0) is 42.2. The molecular formula is C59H52S2. The van der Waals surface area contributed by atoms with Crippen LogP contribution in [0.4, 0.5) is 0 Å². The zero-order valence-electron chi connectivity index (χ0n) is 34.9. The van der Waals surface area contributed by atoms with Gasteiger partial charge in [-0.2, -0.15) is 0 Å². The molecule has 0 N–H and O–H groups in total. The van der Waals surface area contributed by atoms with Crippen LogP contribution in [0.3, 0.4) is 0 Å². The average Bonchev–Trinajstić information content (AvgIpc) is 3.66. The minimum absolute atomic E-state index is 0.805. The number of hydrogen-bond acceptors (Lipinski definition) is 2. The van der Waals surface area contributed by atoms with Crippen molar-refractivity contribution in [1.82, 2.24) is 0 Å². The average molecular weight is 825 g/mol. The molecule has 0 saturated heterocycles. The molecule has 61 heavy (non-hydrogen) atoms. The van der Waals surface area contributed by atoms with Gasteiger partial charge < -0.3 is 0 Å². The van der Waals surface area contributed by atoms with Crippen LogP contribution in [0.2, 0.25) is 0 Å². The van der Waals surface area contributed by atoms with E-state index in [-0.39, 0.29) is 0 Å². The van der Waals surface area contributed by atoms with Crippen molar-refractivity contribution < 1.29 is 0 Å². The quantitative estimate of drug-likeness (QED) is 0.0595. The maximum Gasteiger partial charge on any atom is 0.0308 e. The second-order valence-electron chi connectivity index (χ2n) is 14.9. The Balaban J connectivity index is 1.43. The molecule has 6 aromatic rings. The lowest BCUT2D eigenvalue weighted by atomic mass is 9.84. The molecular weight excluding hydrogens is 773 g/mol. The lowest BCUT2D eigenvalue weighted by Gasteiger charge is -2.20. The van der Waals surface area contributed by atoms with Gasteiger partial charge in [-0.1, -0.05) is 189 Å². The molecule has 1 aliphatic rings. The van der Waals surface area contributed by atoms with Gasteiger partial charge in [0.2, 0.25) is 0 Å². The van der Waals surface area contributed by atoms with Gasteiger partial charge in [0.15, 0.2) is 0 Å². The second-order valence-corrected chi connectivity index (χ2v) is 16.5. The van der Waals surface area contributed by atoms with E-state index >= 15 is 0 Å². The maximum atomic E-state index is 4.70. The minimum Gasteiger partial charge on any atom is -0.143 e. The molecule has 0 amide bonds. The Morgan fingerprint density at radius 1 is 0.672 bits per heavy atom. The number of hydrogen-bond donors (Lipinski definition) is 1. The molecule has 1 aromatic heterocycles. The Kier molecular flexibility index (Phi) is 15.2. The van der Waals surface area contributed by atoms with Crippen LogP contribution < -0.4 is 0 Å². The van der Waals surface area contributed by atoms with Gasteiger partial charge >= 0.3 is 0 Å². The van der Waals surface area contributed by atoms with Gasteiger partial charge in [-0.3, -0.25) is 0 Å². The minimum atomic E-state index is 0.805. The zero-order valence-corrected chi connectivity index (χ0v) is 36.6. The Hall–Kier alpha value is -6.45. The molecule has 0 nitrogen and oxygen atoms in total. The topological polar surface area (TPSA) is 0 Å². The Morgan fingerprint density at radius 3 is 2.00 bits per heavy atom. The number of thiophene rings is 1. The van der Waals surface area contributed by atoms with Crippen molar-refractivity contribution >= 4 is 75.8 Å². The van der Waals surface area contributed by atoms with E-state index in [4.69, 9.17) is 12.6 Å². The summed E-state index contributed by atoms with van der Waals surface area (Å²) in [5, 5.41) is 2.52. The van der Waals surface area contributed by atoms with Crippen LogP contribution in [0.25, 0.3) is 51.8 Å². The summed E-state index contributed by atoms with van der Waals surface area (Å²) in [7, 11) is 0. The smallest absolute Gasteiger partial charge is 0.0308 e. The fraction of sp³-hybridized carbons (Fsp3) is 0.0847. The molecule has 1 heterocycles. The molecule has 0 spiro atoms. The highest BCUT2D eigenvalue weighted by Crippen LogP contribution is 2.43. The summed E-state index contributed by atoms with van der Waals surface area (Å²) < 4.78 is 0. The molecule has 5 aromatic carbocycles. The van der Waals surface area contributed by atoms with Crippen LogP contribution in [0.1, 0.15) is 74.9 Å². The van der Waals surface area contributed by atoms with Gasteiger partial charge in [0.25, 0.3) is 0 Å². The van der Waals surface area contributed by atoms with E-state index in [1.807, 2.05) is 66.9 Å². The number of fused-ring (bicyclic) bond motifs is 2. The van der Waals surface area contributed by atoms with Crippen molar-refractivity contribution in [2.45, 2.75) is 32.6 Å². The number of benzene rings is 5. The van der Waals surface area contributed by atoms with Crippen LogP contribution in [0.15, 0.2) is 218 Å². The normalized spacial score (nSPS) is 13.7. The number of allylic oxidation sites excluding steroid dienone is 14. The van der Waals surface area contributed by atoms with Crippen LogP contribution in [0.5, 0.6) is 0 Å². The molecule has 0 fully saturated rings. The van der Waals surface area contributed by atoms with Crippen molar-refractivity contribution in [3.63, 3.8) is 0 Å². The highest BCUT2D eigenvalue weighted by atomic mass is 32.1. The first-order chi connectivity index (χ1) is 30.0. The third kappa shape index (κ3) is 11.0. The maximum absolute atomic E-state index is 4.70. The van der Waals surface area contributed by atoms with Crippen LogP contribution in [-0.2, 0) is 6.42 Å². The fourth-order valence-corrected chi connectivity index (χ4v) is 8.88. The Morgan fingerprint density at radius 2 is 1.33 bits per heavy atom. The van der Waals surface area contributed by atoms with E-state index in [1.54, 1.807) is 0 Å². The summed E-state index contributed by atoms with van der Waals surface area (Å²) in [6.07, 6.45) is 35.7. The summed E-state index contributed by atoms with van der Waals surface area (Å²) in [5.74, 6) is 0. The van der Waals surface area contributed by atoms with Crippen LogP contribution in [-0.4, -0.2) is 0 Å². The fourth-order valence-electron chi connectivity index (χ4n) is 7.76. The summed E-state index contributed by atoms with van der Waals surface area (Å²) in [6, 6.07) is 46.0. The van der Waals surface area contributed by atoms with Crippen molar-refractivity contribution in [1.29, 1.82) is 0 Å². The third-order valence-corrected chi connectivity index (χ3v) is 12.3. The highest BCUT2D eigenvalue weighted by molar-refractivity contribution is 7.84. The molecule has 0 saturated carbocycles. The van der Waals surface area contributed by atoms with Crippen LogP contribution in [0, 0.1) is 0 Å². The van der Waals surface area contributed by atoms with Crippen molar-refractivity contribution in [2.75, 3.05) is 0 Å². The summed E-state index contributed by atoms with van der Waals surface area (Å²) >= 11 is 6.54. The molecule has 7 rings (SSSR count). The molecule has 300 valence electrons. The lowest BCUT2D eigenvalue weighted by molar-refractivity contribution is 0.861. The molecule has 0 unspecified atom stereocenters. The predicted molar refractivity (Wildman–Crippen MR) is 276 cm³/mol. The second kappa shape index (κ2) is 21.7. The van der Waals surface area contributed by atoms with Gasteiger partial charge in [0.1, 0.15) is 0 Å². The van der Waals surface area contributed by atoms with Crippen LogP contribution >= 0.6 is 24.0 Å². The van der Waals surface area contributed by atoms with E-state index < -0.39 is 0 Å². The lowest BCUT2D eigenvalue weighted by Crippen LogP contribution is -2.00. The van der Waals surface area contributed by atoms with Gasteiger partial charge in [-0.05, 0) is 147 Å². The molecule has 0 bridgehead atoms. The summed E-state index contributed by atoms with van der Waals surface area (Å²) in [4.78, 5) is 3.35. The Labute approximate surface area is 372 Å². The van der Waals surface area contributed by atoms with Gasteiger partial charge in [-0.15, -0.1) is 24.0 Å². The summed E-state index contributed by atoms with van der Waals surface area (Å²) in [6.45, 7) is 10.0. The SMILES string of the molecule is C=C/C=C\C=C/C/C(=C\c1c2c(c(C=C(c3ccccc3)c3ccccc3)c3ccccc13)C=C(c1ccc(/C=C/C=C(\S)C(=C)/C=C\C=C/C)s1)CCC2)c1ccccc1. The number of rotatable bonds is 15. The first-order valence-corrected chi connectivity index (χ1v) is 22.3. The molecule has 0 radical (unpaired) electrons. The van der Waals surface area contributed by atoms with E-state index in [1.165, 1.54) is 76.2 Å². The molecule has 1 aliphatic carbocycles. The highest BCUT2D eigenvalue weighted by Gasteiger charge is 2.22. The van der Waals surface area contributed by atoms with Gasteiger partial charge in [0, 0.05) is 14.7 Å². The Bertz CT molecular complexity index is 2710. The first kappa shape index (κ1) is 42.7. The van der Waals surface area contributed by atoms with Crippen molar-refractivity contribution in [3.8, 4) is 0 Å². The van der Waals surface area contributed by atoms with Gasteiger partial charge in [0.05, 0.1) is 0 Å². The van der Waals surface area contributed by atoms with Crippen molar-refractivity contribution in [3.05, 3.63) is 267 Å². The van der Waals surface area contributed by atoms with E-state index in [9.17, 15) is 0 Å². The largest absolute Gasteiger partial charge is 0.143 e. The molecule has 2 heteroatoms. The van der Waals surface area contributed by atoms with E-state index in [2.05, 4.69) is 183 Å². The van der Waals surface area contributed by atoms with Gasteiger partial charge in [-0.25, -0.2) is 0 Å². The summed E-state index contributed by atoms with van der Waals surface area (Å²) in [5.41, 5.74) is 13.6. The molecule has 0 atom stereocenters. The molecule has 0 aliphatic heterocycles. The predicted octanol–water partition coefficient (Wildman–Crippen LogP) is 17.1.